The monoisotopic (exact) mass is 295 g/mol. The maximum atomic E-state index is 12.0. The van der Waals surface area contributed by atoms with Crippen molar-refractivity contribution in [2.45, 2.75) is 32.2 Å². The Hall–Kier alpha value is -1.59. The van der Waals surface area contributed by atoms with Gasteiger partial charge < -0.3 is 16.0 Å². The van der Waals surface area contributed by atoms with E-state index in [0.29, 0.717) is 22.8 Å². The summed E-state index contributed by atoms with van der Waals surface area (Å²) < 4.78 is 0. The molecule has 1 fully saturated rings. The van der Waals surface area contributed by atoms with Gasteiger partial charge in [0.05, 0.1) is 11.4 Å². The van der Waals surface area contributed by atoms with E-state index in [2.05, 4.69) is 16.0 Å². The lowest BCUT2D eigenvalue weighted by Crippen LogP contribution is -2.27. The first-order chi connectivity index (χ1) is 9.54. The van der Waals surface area contributed by atoms with Crippen LogP contribution in [0.3, 0.4) is 0 Å². The zero-order valence-electron chi connectivity index (χ0n) is 11.3. The van der Waals surface area contributed by atoms with Crippen LogP contribution in [0, 0.1) is 0 Å². The molecule has 1 aromatic carbocycles. The summed E-state index contributed by atoms with van der Waals surface area (Å²) in [6, 6.07) is 5.22. The van der Waals surface area contributed by atoms with Gasteiger partial charge in [0.25, 0.3) is 0 Å². The first-order valence-corrected chi connectivity index (χ1v) is 7.03. The van der Waals surface area contributed by atoms with E-state index in [1.54, 1.807) is 18.2 Å². The Balaban J connectivity index is 2.03. The summed E-state index contributed by atoms with van der Waals surface area (Å²) in [5.41, 5.74) is 1.07. The minimum Gasteiger partial charge on any atom is -0.324 e. The van der Waals surface area contributed by atoms with Crippen LogP contribution in [0.4, 0.5) is 11.4 Å². The van der Waals surface area contributed by atoms with Crippen LogP contribution >= 0.6 is 11.6 Å². The van der Waals surface area contributed by atoms with Crippen LogP contribution in [0.15, 0.2) is 18.2 Å². The summed E-state index contributed by atoms with van der Waals surface area (Å²) in [5, 5.41) is 9.26. The molecule has 3 N–H and O–H groups in total. The van der Waals surface area contributed by atoms with Crippen molar-refractivity contribution in [1.82, 2.24) is 5.32 Å². The average Bonchev–Trinajstić information content (AvgIpc) is 2.84. The zero-order valence-corrected chi connectivity index (χ0v) is 12.1. The van der Waals surface area contributed by atoms with Gasteiger partial charge >= 0.3 is 0 Å². The molecule has 0 bridgehead atoms. The van der Waals surface area contributed by atoms with Gasteiger partial charge in [-0.25, -0.2) is 0 Å². The van der Waals surface area contributed by atoms with Crippen LogP contribution in [-0.4, -0.2) is 24.4 Å². The first-order valence-electron chi connectivity index (χ1n) is 6.65. The smallest absolute Gasteiger partial charge is 0.225 e. The standard InChI is InChI=1S/C14H18ClN3O2/c1-9(19)17-13-7-10(15)4-5-12(13)18-14(20)8-11-3-2-6-16-11/h4-5,7,11,16H,2-3,6,8H2,1H3,(H,17,19)(H,18,20). The van der Waals surface area contributed by atoms with E-state index in [4.69, 9.17) is 11.6 Å². The molecule has 6 heteroatoms. The number of carbonyl (C=O) groups is 2. The van der Waals surface area contributed by atoms with Crippen molar-refractivity contribution in [3.8, 4) is 0 Å². The zero-order chi connectivity index (χ0) is 14.5. The van der Waals surface area contributed by atoms with Gasteiger partial charge in [-0.15, -0.1) is 0 Å². The van der Waals surface area contributed by atoms with Crippen LogP contribution in [0.25, 0.3) is 0 Å². The van der Waals surface area contributed by atoms with Gasteiger partial charge in [0.2, 0.25) is 11.8 Å². The minimum absolute atomic E-state index is 0.0710. The number of carbonyl (C=O) groups excluding carboxylic acids is 2. The Morgan fingerprint density at radius 3 is 2.80 bits per heavy atom. The van der Waals surface area contributed by atoms with E-state index < -0.39 is 0 Å². The minimum atomic E-state index is -0.208. The van der Waals surface area contributed by atoms with Crippen LogP contribution in [-0.2, 0) is 9.59 Å². The Labute approximate surface area is 123 Å². The lowest BCUT2D eigenvalue weighted by atomic mass is 10.1. The van der Waals surface area contributed by atoms with Crippen molar-refractivity contribution in [3.63, 3.8) is 0 Å². The van der Waals surface area contributed by atoms with Gasteiger partial charge in [0.15, 0.2) is 0 Å². The number of hydrogen-bond acceptors (Lipinski definition) is 3. The first kappa shape index (κ1) is 14.8. The predicted molar refractivity (Wildman–Crippen MR) is 80.0 cm³/mol. The molecule has 2 rings (SSSR count). The molecule has 0 aromatic heterocycles. The van der Waals surface area contributed by atoms with Crippen molar-refractivity contribution in [1.29, 1.82) is 0 Å². The third-order valence-corrected chi connectivity index (χ3v) is 3.40. The molecule has 0 aliphatic carbocycles. The molecule has 108 valence electrons. The van der Waals surface area contributed by atoms with E-state index >= 15 is 0 Å². The summed E-state index contributed by atoms with van der Waals surface area (Å²) in [7, 11) is 0. The number of benzene rings is 1. The molecule has 20 heavy (non-hydrogen) atoms. The molecule has 1 aliphatic rings. The van der Waals surface area contributed by atoms with Crippen molar-refractivity contribution >= 4 is 34.8 Å². The van der Waals surface area contributed by atoms with Crippen molar-refractivity contribution < 1.29 is 9.59 Å². The van der Waals surface area contributed by atoms with Crippen LogP contribution in [0.5, 0.6) is 0 Å². The highest BCUT2D eigenvalue weighted by Crippen LogP contribution is 2.26. The molecule has 0 spiro atoms. The number of anilines is 2. The highest BCUT2D eigenvalue weighted by atomic mass is 35.5. The van der Waals surface area contributed by atoms with E-state index in [1.807, 2.05) is 0 Å². The molecule has 1 heterocycles. The molecule has 1 aliphatic heterocycles. The number of nitrogens with one attached hydrogen (secondary N) is 3. The van der Waals surface area contributed by atoms with Gasteiger partial charge in [0.1, 0.15) is 0 Å². The second-order valence-electron chi connectivity index (χ2n) is 4.92. The van der Waals surface area contributed by atoms with E-state index in [0.717, 1.165) is 19.4 Å². The van der Waals surface area contributed by atoms with E-state index in [1.165, 1.54) is 6.92 Å². The molecule has 2 amide bonds. The summed E-state index contributed by atoms with van der Waals surface area (Å²) >= 11 is 5.90. The summed E-state index contributed by atoms with van der Waals surface area (Å²) in [4.78, 5) is 23.2. The summed E-state index contributed by atoms with van der Waals surface area (Å²) in [5.74, 6) is -0.279. The van der Waals surface area contributed by atoms with Gasteiger partial charge in [-0.1, -0.05) is 11.6 Å². The van der Waals surface area contributed by atoms with E-state index in [-0.39, 0.29) is 17.9 Å². The number of rotatable bonds is 4. The Morgan fingerprint density at radius 2 is 2.15 bits per heavy atom. The molecule has 0 radical (unpaired) electrons. The SMILES string of the molecule is CC(=O)Nc1cc(Cl)ccc1NC(=O)CC1CCCN1. The molecule has 1 aromatic rings. The second kappa shape index (κ2) is 6.72. The van der Waals surface area contributed by atoms with Gasteiger partial charge in [-0.05, 0) is 37.6 Å². The molecule has 5 nitrogen and oxygen atoms in total. The number of hydrogen-bond donors (Lipinski definition) is 3. The summed E-state index contributed by atoms with van der Waals surface area (Å²) in [6.45, 7) is 2.38. The Morgan fingerprint density at radius 1 is 1.35 bits per heavy atom. The average molecular weight is 296 g/mol. The summed E-state index contributed by atoms with van der Waals surface area (Å²) in [6.07, 6.45) is 2.56. The van der Waals surface area contributed by atoms with Crippen LogP contribution < -0.4 is 16.0 Å². The van der Waals surface area contributed by atoms with E-state index in [9.17, 15) is 9.59 Å². The predicted octanol–water partition coefficient (Wildman–Crippen LogP) is 2.38. The molecule has 1 atom stereocenters. The molecule has 1 unspecified atom stereocenters. The third-order valence-electron chi connectivity index (χ3n) is 3.16. The Bertz CT molecular complexity index is 513. The van der Waals surface area contributed by atoms with Crippen molar-refractivity contribution in [2.75, 3.05) is 17.2 Å². The molecule has 0 saturated carbocycles. The topological polar surface area (TPSA) is 70.2 Å². The number of halogens is 1. The quantitative estimate of drug-likeness (QED) is 0.799. The fraction of sp³-hybridized carbons (Fsp3) is 0.429. The maximum absolute atomic E-state index is 12.0. The second-order valence-corrected chi connectivity index (χ2v) is 5.35. The van der Waals surface area contributed by atoms with Gasteiger partial charge in [-0.3, -0.25) is 9.59 Å². The molecule has 1 saturated heterocycles. The fourth-order valence-electron chi connectivity index (χ4n) is 2.27. The van der Waals surface area contributed by atoms with Gasteiger partial charge in [0, 0.05) is 24.4 Å². The van der Waals surface area contributed by atoms with Crippen LogP contribution in [0.2, 0.25) is 5.02 Å². The lowest BCUT2D eigenvalue weighted by Gasteiger charge is -2.14. The Kier molecular flexibility index (Phi) is 4.98. The largest absolute Gasteiger partial charge is 0.324 e. The number of amides is 2. The van der Waals surface area contributed by atoms with Crippen molar-refractivity contribution in [3.05, 3.63) is 23.2 Å². The lowest BCUT2D eigenvalue weighted by molar-refractivity contribution is -0.117. The van der Waals surface area contributed by atoms with Crippen LogP contribution in [0.1, 0.15) is 26.2 Å². The molecular formula is C14H18ClN3O2. The third kappa shape index (κ3) is 4.21. The van der Waals surface area contributed by atoms with Gasteiger partial charge in [-0.2, -0.15) is 0 Å². The maximum Gasteiger partial charge on any atom is 0.225 e. The highest BCUT2D eigenvalue weighted by molar-refractivity contribution is 6.31. The normalized spacial score (nSPS) is 17.8. The fourth-order valence-corrected chi connectivity index (χ4v) is 2.45. The molecular weight excluding hydrogens is 278 g/mol. The van der Waals surface area contributed by atoms with Crippen molar-refractivity contribution in [2.24, 2.45) is 0 Å². The highest BCUT2D eigenvalue weighted by Gasteiger charge is 2.18.